The van der Waals surface area contributed by atoms with Gasteiger partial charge < -0.3 is 5.32 Å². The molecule has 1 nitrogen and oxygen atoms in total. The van der Waals surface area contributed by atoms with Crippen LogP contribution in [0.4, 0.5) is 5.69 Å². The molecule has 2 rings (SSSR count). The molecule has 0 radical (unpaired) electrons. The summed E-state index contributed by atoms with van der Waals surface area (Å²) < 4.78 is 2.12. The number of aryl methyl sites for hydroxylation is 2. The molecule has 0 aliphatic rings. The molecule has 19 heavy (non-hydrogen) atoms. The number of benzene rings is 2. The first-order valence-electron chi connectivity index (χ1n) is 5.92. The first-order chi connectivity index (χ1) is 8.97. The minimum atomic E-state index is 0.767. The van der Waals surface area contributed by atoms with Gasteiger partial charge in [-0.1, -0.05) is 17.7 Å². The van der Waals surface area contributed by atoms with Crippen molar-refractivity contribution in [2.75, 3.05) is 5.32 Å². The lowest BCUT2D eigenvalue weighted by Crippen LogP contribution is -2.02. The van der Waals surface area contributed by atoms with E-state index in [1.165, 1.54) is 16.7 Å². The van der Waals surface area contributed by atoms with Crippen LogP contribution in [0.2, 0.25) is 5.02 Å². The average molecular weight is 404 g/mol. The van der Waals surface area contributed by atoms with Crippen molar-refractivity contribution < 1.29 is 0 Å². The minimum absolute atomic E-state index is 0.767. The van der Waals surface area contributed by atoms with Crippen molar-refractivity contribution in [1.29, 1.82) is 0 Å². The molecule has 0 amide bonds. The summed E-state index contributed by atoms with van der Waals surface area (Å²) in [6.07, 6.45) is 0. The Morgan fingerprint density at radius 3 is 2.26 bits per heavy atom. The Balaban J connectivity index is 2.19. The van der Waals surface area contributed by atoms with Crippen molar-refractivity contribution in [2.24, 2.45) is 0 Å². The number of anilines is 1. The van der Waals surface area contributed by atoms with E-state index in [0.29, 0.717) is 0 Å². The summed E-state index contributed by atoms with van der Waals surface area (Å²) in [5, 5.41) is 4.22. The van der Waals surface area contributed by atoms with Crippen molar-refractivity contribution >= 4 is 49.1 Å². The largest absolute Gasteiger partial charge is 0.379 e. The highest BCUT2D eigenvalue weighted by Gasteiger charge is 2.07. The third kappa shape index (κ3) is 3.74. The zero-order chi connectivity index (χ0) is 14.0. The van der Waals surface area contributed by atoms with E-state index in [-0.39, 0.29) is 0 Å². The maximum absolute atomic E-state index is 5.97. The van der Waals surface area contributed by atoms with Crippen LogP contribution in [0.1, 0.15) is 16.7 Å². The quantitative estimate of drug-likeness (QED) is 0.653. The third-order valence-electron chi connectivity index (χ3n) is 2.95. The van der Waals surface area contributed by atoms with E-state index >= 15 is 0 Å². The highest BCUT2D eigenvalue weighted by molar-refractivity contribution is 9.11. The van der Waals surface area contributed by atoms with Crippen LogP contribution in [-0.4, -0.2) is 0 Å². The monoisotopic (exact) mass is 401 g/mol. The lowest BCUT2D eigenvalue weighted by molar-refractivity contribution is 1.11. The maximum atomic E-state index is 5.97. The summed E-state index contributed by atoms with van der Waals surface area (Å²) in [5.74, 6) is 0. The minimum Gasteiger partial charge on any atom is -0.379 e. The second-order valence-corrected chi connectivity index (χ2v) is 6.67. The van der Waals surface area contributed by atoms with Crippen molar-refractivity contribution in [2.45, 2.75) is 20.4 Å². The molecular weight excluding hydrogens is 389 g/mol. The Morgan fingerprint density at radius 1 is 1.05 bits per heavy atom. The van der Waals surface area contributed by atoms with Crippen LogP contribution < -0.4 is 5.32 Å². The normalized spacial score (nSPS) is 10.6. The Kier molecular flexibility index (Phi) is 4.93. The van der Waals surface area contributed by atoms with E-state index in [1.807, 2.05) is 12.1 Å². The van der Waals surface area contributed by atoms with Crippen LogP contribution >= 0.6 is 43.5 Å². The molecule has 0 saturated carbocycles. The third-order valence-corrected chi connectivity index (χ3v) is 4.43. The van der Waals surface area contributed by atoms with Gasteiger partial charge in [0.25, 0.3) is 0 Å². The van der Waals surface area contributed by atoms with E-state index in [1.54, 1.807) is 0 Å². The van der Waals surface area contributed by atoms with Gasteiger partial charge in [0, 0.05) is 20.5 Å². The fraction of sp³-hybridized carbons (Fsp3) is 0.200. The Labute approximate surface area is 135 Å². The summed E-state index contributed by atoms with van der Waals surface area (Å²) in [4.78, 5) is 0. The van der Waals surface area contributed by atoms with Gasteiger partial charge >= 0.3 is 0 Å². The highest BCUT2D eigenvalue weighted by atomic mass is 79.9. The first-order valence-corrected chi connectivity index (χ1v) is 7.88. The van der Waals surface area contributed by atoms with Gasteiger partial charge in [0.2, 0.25) is 0 Å². The van der Waals surface area contributed by atoms with E-state index in [4.69, 9.17) is 11.6 Å². The molecule has 0 bridgehead atoms. The van der Waals surface area contributed by atoms with Crippen LogP contribution in [0, 0.1) is 13.8 Å². The smallest absolute Gasteiger partial charge is 0.0631 e. The second-order valence-electron chi connectivity index (χ2n) is 4.53. The van der Waals surface area contributed by atoms with Crippen LogP contribution in [0.5, 0.6) is 0 Å². The second kappa shape index (κ2) is 6.29. The molecule has 4 heteroatoms. The van der Waals surface area contributed by atoms with Crippen molar-refractivity contribution in [3.8, 4) is 0 Å². The van der Waals surface area contributed by atoms with Crippen molar-refractivity contribution in [1.82, 2.24) is 0 Å². The Morgan fingerprint density at radius 2 is 1.68 bits per heavy atom. The number of hydrogen-bond donors (Lipinski definition) is 1. The van der Waals surface area contributed by atoms with Gasteiger partial charge in [-0.05, 0) is 86.7 Å². The van der Waals surface area contributed by atoms with Gasteiger partial charge in [-0.2, -0.15) is 0 Å². The van der Waals surface area contributed by atoms with Crippen LogP contribution in [0.3, 0.4) is 0 Å². The molecule has 100 valence electrons. The summed E-state index contributed by atoms with van der Waals surface area (Å²) in [5.41, 5.74) is 4.72. The van der Waals surface area contributed by atoms with Crippen LogP contribution in [0.25, 0.3) is 0 Å². The Hall–Kier alpha value is -0.510. The molecule has 0 atom stereocenters. The van der Waals surface area contributed by atoms with E-state index in [2.05, 4.69) is 69.2 Å². The SMILES string of the molecule is Cc1cc(Br)c(NCc2ccc(Cl)cc2C)c(Br)c1. The molecule has 1 N–H and O–H groups in total. The highest BCUT2D eigenvalue weighted by Crippen LogP contribution is 2.32. The molecule has 0 spiro atoms. The average Bonchev–Trinajstić information content (AvgIpc) is 2.30. The van der Waals surface area contributed by atoms with Gasteiger partial charge in [-0.15, -0.1) is 0 Å². The van der Waals surface area contributed by atoms with Gasteiger partial charge in [0.1, 0.15) is 0 Å². The zero-order valence-electron chi connectivity index (χ0n) is 10.7. The summed E-state index contributed by atoms with van der Waals surface area (Å²) in [7, 11) is 0. The maximum Gasteiger partial charge on any atom is 0.0631 e. The number of nitrogens with one attached hydrogen (secondary N) is 1. The lowest BCUT2D eigenvalue weighted by atomic mass is 10.1. The molecule has 0 unspecified atom stereocenters. The standard InChI is InChI=1S/C15H14Br2ClN/c1-9-5-13(16)15(14(17)6-9)19-8-11-3-4-12(18)7-10(11)2/h3-7,19H,8H2,1-2H3. The molecule has 0 saturated heterocycles. The molecule has 0 aliphatic heterocycles. The topological polar surface area (TPSA) is 12.0 Å². The van der Waals surface area contributed by atoms with Crippen LogP contribution in [0.15, 0.2) is 39.3 Å². The van der Waals surface area contributed by atoms with E-state index < -0.39 is 0 Å². The van der Waals surface area contributed by atoms with Crippen molar-refractivity contribution in [3.63, 3.8) is 0 Å². The molecule has 0 aromatic heterocycles. The van der Waals surface area contributed by atoms with E-state index in [0.717, 1.165) is 26.2 Å². The number of hydrogen-bond acceptors (Lipinski definition) is 1. The predicted octanol–water partition coefficient (Wildman–Crippen LogP) is 6.09. The molecule has 0 fully saturated rings. The first kappa shape index (κ1) is 14.9. The number of rotatable bonds is 3. The Bertz CT molecular complexity index is 588. The summed E-state index contributed by atoms with van der Waals surface area (Å²) in [6.45, 7) is 4.91. The summed E-state index contributed by atoms with van der Waals surface area (Å²) >= 11 is 13.1. The molecular formula is C15H14Br2ClN. The van der Waals surface area contributed by atoms with Gasteiger partial charge in [-0.25, -0.2) is 0 Å². The predicted molar refractivity (Wildman–Crippen MR) is 90.1 cm³/mol. The van der Waals surface area contributed by atoms with E-state index in [9.17, 15) is 0 Å². The van der Waals surface area contributed by atoms with Gasteiger partial charge in [0.05, 0.1) is 5.69 Å². The van der Waals surface area contributed by atoms with Crippen molar-refractivity contribution in [3.05, 3.63) is 61.0 Å². The zero-order valence-corrected chi connectivity index (χ0v) is 14.7. The molecule has 2 aromatic rings. The van der Waals surface area contributed by atoms with Crippen LogP contribution in [-0.2, 0) is 6.54 Å². The fourth-order valence-corrected chi connectivity index (χ4v) is 3.83. The molecule has 0 aliphatic carbocycles. The molecule has 0 heterocycles. The number of halogens is 3. The van der Waals surface area contributed by atoms with Gasteiger partial charge in [0.15, 0.2) is 0 Å². The summed E-state index contributed by atoms with van der Waals surface area (Å²) in [6, 6.07) is 10.2. The fourth-order valence-electron chi connectivity index (χ4n) is 1.91. The van der Waals surface area contributed by atoms with Gasteiger partial charge in [-0.3, -0.25) is 0 Å². The molecule has 2 aromatic carbocycles. The lowest BCUT2D eigenvalue weighted by Gasteiger charge is -2.13.